The van der Waals surface area contributed by atoms with Crippen LogP contribution in [-0.2, 0) is 22.4 Å². The third-order valence-corrected chi connectivity index (χ3v) is 4.37. The van der Waals surface area contributed by atoms with Gasteiger partial charge >= 0.3 is 0 Å². The Bertz CT molecular complexity index is 720. The first kappa shape index (κ1) is 17.4. The minimum absolute atomic E-state index is 0.00676. The molecule has 132 valence electrons. The molecule has 3 rings (SSSR count). The Kier molecular flexibility index (Phi) is 5.66. The van der Waals surface area contributed by atoms with Gasteiger partial charge in [0.25, 0.3) is 0 Å². The van der Waals surface area contributed by atoms with E-state index < -0.39 is 5.82 Å². The van der Waals surface area contributed by atoms with Crippen molar-refractivity contribution in [3.05, 3.63) is 65.5 Å². The largest absolute Gasteiger partial charge is 0.494 e. The topological polar surface area (TPSA) is 38.8 Å². The van der Waals surface area contributed by atoms with E-state index in [2.05, 4.69) is 12.1 Å². The van der Waals surface area contributed by atoms with Crippen molar-refractivity contribution >= 4 is 5.91 Å². The summed E-state index contributed by atoms with van der Waals surface area (Å²) in [7, 11) is 1.42. The number of hydrogen-bond acceptors (Lipinski definition) is 3. The number of methoxy groups -OCH3 is 1. The van der Waals surface area contributed by atoms with Crippen LogP contribution in [-0.4, -0.2) is 43.7 Å². The fourth-order valence-corrected chi connectivity index (χ4v) is 3.05. The molecule has 25 heavy (non-hydrogen) atoms. The third-order valence-electron chi connectivity index (χ3n) is 4.37. The van der Waals surface area contributed by atoms with Crippen molar-refractivity contribution in [3.8, 4) is 5.75 Å². The zero-order valence-corrected chi connectivity index (χ0v) is 14.3. The Morgan fingerprint density at radius 2 is 2.04 bits per heavy atom. The van der Waals surface area contributed by atoms with E-state index in [-0.39, 0.29) is 24.2 Å². The van der Waals surface area contributed by atoms with Crippen LogP contribution in [0.3, 0.4) is 0 Å². The first-order valence-corrected chi connectivity index (χ1v) is 8.41. The van der Waals surface area contributed by atoms with Gasteiger partial charge in [0.2, 0.25) is 5.91 Å². The van der Waals surface area contributed by atoms with Crippen molar-refractivity contribution in [1.82, 2.24) is 4.90 Å². The summed E-state index contributed by atoms with van der Waals surface area (Å²) >= 11 is 0. The molecule has 2 aromatic rings. The van der Waals surface area contributed by atoms with E-state index in [9.17, 15) is 9.18 Å². The van der Waals surface area contributed by atoms with Crippen LogP contribution >= 0.6 is 0 Å². The highest BCUT2D eigenvalue weighted by Gasteiger charge is 2.24. The highest BCUT2D eigenvalue weighted by molar-refractivity contribution is 5.79. The molecule has 1 aliphatic heterocycles. The average molecular weight is 343 g/mol. The summed E-state index contributed by atoms with van der Waals surface area (Å²) in [5.74, 6) is -0.270. The number of hydrogen-bond donors (Lipinski definition) is 0. The van der Waals surface area contributed by atoms with Crippen LogP contribution in [0.15, 0.2) is 48.5 Å². The number of amides is 1. The summed E-state index contributed by atoms with van der Waals surface area (Å²) < 4.78 is 24.5. The van der Waals surface area contributed by atoms with Gasteiger partial charge in [-0.1, -0.05) is 36.4 Å². The predicted molar refractivity (Wildman–Crippen MR) is 93.1 cm³/mol. The SMILES string of the molecule is COc1ccc(CC(=O)N2CCOC(Cc3ccccc3)C2)cc1F. The van der Waals surface area contributed by atoms with Gasteiger partial charge in [0.05, 0.1) is 26.2 Å². The predicted octanol–water partition coefficient (Wildman–Crippen LogP) is 2.85. The molecule has 0 aliphatic carbocycles. The fourth-order valence-electron chi connectivity index (χ4n) is 3.05. The maximum atomic E-state index is 13.8. The standard InChI is InChI=1S/C20H22FNO3/c1-24-19-8-7-16(12-18(19)21)13-20(23)22-9-10-25-17(14-22)11-15-5-3-2-4-6-15/h2-8,12,17H,9-11,13-14H2,1H3. The van der Waals surface area contributed by atoms with Crippen LogP contribution in [0.5, 0.6) is 5.75 Å². The van der Waals surface area contributed by atoms with E-state index in [1.165, 1.54) is 18.7 Å². The lowest BCUT2D eigenvalue weighted by Crippen LogP contribution is -2.46. The molecule has 0 saturated carbocycles. The Labute approximate surface area is 147 Å². The summed E-state index contributed by atoms with van der Waals surface area (Å²) in [6.07, 6.45) is 0.952. The summed E-state index contributed by atoms with van der Waals surface area (Å²) in [4.78, 5) is 14.4. The number of ether oxygens (including phenoxy) is 2. The van der Waals surface area contributed by atoms with Crippen LogP contribution < -0.4 is 4.74 Å². The number of carbonyl (C=O) groups is 1. The van der Waals surface area contributed by atoms with Gasteiger partial charge in [-0.2, -0.15) is 0 Å². The number of nitrogens with zero attached hydrogens (tertiary/aromatic N) is 1. The normalized spacial score (nSPS) is 17.4. The quantitative estimate of drug-likeness (QED) is 0.838. The third kappa shape index (κ3) is 4.57. The Morgan fingerprint density at radius 1 is 1.24 bits per heavy atom. The molecule has 1 amide bonds. The molecule has 4 nitrogen and oxygen atoms in total. The molecule has 0 bridgehead atoms. The average Bonchev–Trinajstić information content (AvgIpc) is 2.63. The molecule has 1 saturated heterocycles. The van der Waals surface area contributed by atoms with Crippen molar-refractivity contribution in [3.63, 3.8) is 0 Å². The minimum atomic E-state index is -0.447. The molecule has 1 unspecified atom stereocenters. The molecule has 2 aromatic carbocycles. The van der Waals surface area contributed by atoms with Gasteiger partial charge in [-0.15, -0.1) is 0 Å². The Morgan fingerprint density at radius 3 is 2.76 bits per heavy atom. The number of rotatable bonds is 5. The van der Waals surface area contributed by atoms with Gasteiger partial charge in [-0.05, 0) is 23.3 Å². The Balaban J connectivity index is 1.59. The molecule has 1 fully saturated rings. The lowest BCUT2D eigenvalue weighted by Gasteiger charge is -2.33. The number of benzene rings is 2. The summed E-state index contributed by atoms with van der Waals surface area (Å²) in [6, 6.07) is 14.7. The lowest BCUT2D eigenvalue weighted by atomic mass is 10.1. The maximum absolute atomic E-state index is 13.8. The van der Waals surface area contributed by atoms with Gasteiger partial charge in [0.15, 0.2) is 11.6 Å². The van der Waals surface area contributed by atoms with Crippen LogP contribution in [0.25, 0.3) is 0 Å². The minimum Gasteiger partial charge on any atom is -0.494 e. The Hall–Kier alpha value is -2.40. The van der Waals surface area contributed by atoms with E-state index >= 15 is 0 Å². The van der Waals surface area contributed by atoms with Crippen molar-refractivity contribution in [2.75, 3.05) is 26.8 Å². The number of halogens is 1. The van der Waals surface area contributed by atoms with Gasteiger partial charge in [-0.25, -0.2) is 4.39 Å². The highest BCUT2D eigenvalue weighted by Crippen LogP contribution is 2.19. The van der Waals surface area contributed by atoms with Gasteiger partial charge < -0.3 is 14.4 Å². The van der Waals surface area contributed by atoms with Gasteiger partial charge in [0.1, 0.15) is 0 Å². The van der Waals surface area contributed by atoms with Crippen molar-refractivity contribution < 1.29 is 18.7 Å². The number of carbonyl (C=O) groups excluding carboxylic acids is 1. The molecule has 1 heterocycles. The van der Waals surface area contributed by atoms with Crippen molar-refractivity contribution in [2.45, 2.75) is 18.9 Å². The second-order valence-electron chi connectivity index (χ2n) is 6.17. The summed E-state index contributed by atoms with van der Waals surface area (Å²) in [5, 5.41) is 0. The number of morpholine rings is 1. The van der Waals surface area contributed by atoms with Crippen LogP contribution in [0.4, 0.5) is 4.39 Å². The second-order valence-corrected chi connectivity index (χ2v) is 6.17. The van der Waals surface area contributed by atoms with E-state index in [0.717, 1.165) is 6.42 Å². The highest BCUT2D eigenvalue weighted by atomic mass is 19.1. The smallest absolute Gasteiger partial charge is 0.227 e. The first-order chi connectivity index (χ1) is 12.2. The first-order valence-electron chi connectivity index (χ1n) is 8.41. The molecule has 0 spiro atoms. The molecule has 1 aliphatic rings. The van der Waals surface area contributed by atoms with Gasteiger partial charge in [-0.3, -0.25) is 4.79 Å². The molecular formula is C20H22FNO3. The maximum Gasteiger partial charge on any atom is 0.227 e. The molecule has 0 aromatic heterocycles. The van der Waals surface area contributed by atoms with E-state index in [4.69, 9.17) is 9.47 Å². The molecule has 0 N–H and O–H groups in total. The van der Waals surface area contributed by atoms with E-state index in [1.807, 2.05) is 18.2 Å². The zero-order chi connectivity index (χ0) is 17.6. The molecule has 0 radical (unpaired) electrons. The monoisotopic (exact) mass is 343 g/mol. The fraction of sp³-hybridized carbons (Fsp3) is 0.350. The zero-order valence-electron chi connectivity index (χ0n) is 14.3. The second kappa shape index (κ2) is 8.12. The molecule has 5 heteroatoms. The van der Waals surface area contributed by atoms with E-state index in [1.54, 1.807) is 17.0 Å². The summed E-state index contributed by atoms with van der Waals surface area (Å²) in [5.41, 5.74) is 1.84. The van der Waals surface area contributed by atoms with Crippen LogP contribution in [0.1, 0.15) is 11.1 Å². The molecule has 1 atom stereocenters. The van der Waals surface area contributed by atoms with Crippen molar-refractivity contribution in [2.24, 2.45) is 0 Å². The summed E-state index contributed by atoms with van der Waals surface area (Å²) in [6.45, 7) is 1.66. The van der Waals surface area contributed by atoms with Crippen LogP contribution in [0.2, 0.25) is 0 Å². The van der Waals surface area contributed by atoms with Crippen LogP contribution in [0, 0.1) is 5.82 Å². The molecular weight excluding hydrogens is 321 g/mol. The van der Waals surface area contributed by atoms with E-state index in [0.29, 0.717) is 25.3 Å². The lowest BCUT2D eigenvalue weighted by molar-refractivity contribution is -0.138. The van der Waals surface area contributed by atoms with Gasteiger partial charge in [0, 0.05) is 19.5 Å². The van der Waals surface area contributed by atoms with Crippen molar-refractivity contribution in [1.29, 1.82) is 0 Å².